The Hall–Kier alpha value is -2.28. The number of rotatable bonds is 3. The molecule has 1 N–H and O–H groups in total. The number of amides is 1. The molecule has 0 radical (unpaired) electrons. The number of hydrogen-bond acceptors (Lipinski definition) is 5. The Morgan fingerprint density at radius 3 is 2.96 bits per heavy atom. The number of carbonyl (C=O) groups excluding carboxylic acids is 1. The smallest absolute Gasteiger partial charge is 0.238 e. The van der Waals surface area contributed by atoms with Gasteiger partial charge in [0.05, 0.1) is 23.6 Å². The summed E-state index contributed by atoms with van der Waals surface area (Å²) in [5.74, 6) is 0.863. The van der Waals surface area contributed by atoms with E-state index in [9.17, 15) is 4.79 Å². The molecule has 2 aliphatic rings. The first-order chi connectivity index (χ1) is 12.4. The molecule has 1 unspecified atom stereocenters. The standard InChI is InChI=1S/C19H26N6O/c1-13-16(10-24(3)23-13)22-17(26)11-25-8-4-6-19(12-25)7-5-15-9-20-14(2)21-18(15)19/h9-10H,4-8,11-12H2,1-3H3,(H,22,26). The van der Waals surface area contributed by atoms with Gasteiger partial charge < -0.3 is 5.32 Å². The zero-order chi connectivity index (χ0) is 18.3. The van der Waals surface area contributed by atoms with Crippen molar-refractivity contribution in [2.75, 3.05) is 25.0 Å². The molecule has 1 fully saturated rings. The molecule has 0 aromatic carbocycles. The molecule has 138 valence electrons. The summed E-state index contributed by atoms with van der Waals surface area (Å²) in [5, 5.41) is 7.27. The molecule has 26 heavy (non-hydrogen) atoms. The van der Waals surface area contributed by atoms with E-state index in [4.69, 9.17) is 4.98 Å². The summed E-state index contributed by atoms with van der Waals surface area (Å²) in [6.07, 6.45) is 8.24. The van der Waals surface area contributed by atoms with E-state index in [0.29, 0.717) is 6.54 Å². The largest absolute Gasteiger partial charge is 0.322 e. The van der Waals surface area contributed by atoms with Gasteiger partial charge in [-0.05, 0) is 51.6 Å². The fraction of sp³-hybridized carbons (Fsp3) is 0.579. The molecule has 1 atom stereocenters. The number of hydrogen-bond donors (Lipinski definition) is 1. The predicted octanol–water partition coefficient (Wildman–Crippen LogP) is 1.75. The van der Waals surface area contributed by atoms with Crippen molar-refractivity contribution in [2.24, 2.45) is 7.05 Å². The van der Waals surface area contributed by atoms with Gasteiger partial charge in [0.2, 0.25) is 5.91 Å². The quantitative estimate of drug-likeness (QED) is 0.909. The molecule has 1 saturated heterocycles. The van der Waals surface area contributed by atoms with Crippen molar-refractivity contribution in [3.05, 3.63) is 35.2 Å². The minimum atomic E-state index is 0.0234. The fourth-order valence-electron chi connectivity index (χ4n) is 4.50. The molecule has 7 nitrogen and oxygen atoms in total. The maximum atomic E-state index is 12.5. The number of nitrogens with zero attached hydrogens (tertiary/aromatic N) is 5. The highest BCUT2D eigenvalue weighted by Gasteiger charge is 2.43. The van der Waals surface area contributed by atoms with Crippen LogP contribution in [0.4, 0.5) is 5.69 Å². The topological polar surface area (TPSA) is 75.9 Å². The number of likely N-dealkylation sites (tertiary alicyclic amines) is 1. The molecule has 4 rings (SSSR count). The second-order valence-electron chi connectivity index (χ2n) is 7.74. The highest BCUT2D eigenvalue weighted by molar-refractivity contribution is 5.92. The lowest BCUT2D eigenvalue weighted by atomic mass is 9.77. The molecule has 7 heteroatoms. The van der Waals surface area contributed by atoms with Crippen molar-refractivity contribution < 1.29 is 4.79 Å². The minimum Gasteiger partial charge on any atom is -0.322 e. The molecular formula is C19H26N6O. The van der Waals surface area contributed by atoms with Crippen LogP contribution in [0.1, 0.15) is 42.0 Å². The van der Waals surface area contributed by atoms with Crippen LogP contribution in [0, 0.1) is 13.8 Å². The van der Waals surface area contributed by atoms with Crippen molar-refractivity contribution >= 4 is 11.6 Å². The molecule has 2 aromatic rings. The van der Waals surface area contributed by atoms with Crippen LogP contribution >= 0.6 is 0 Å². The number of aryl methyl sites for hydroxylation is 4. The van der Waals surface area contributed by atoms with Gasteiger partial charge in [0.15, 0.2) is 0 Å². The zero-order valence-electron chi connectivity index (χ0n) is 15.7. The Kier molecular flexibility index (Phi) is 4.26. The fourth-order valence-corrected chi connectivity index (χ4v) is 4.50. The third kappa shape index (κ3) is 3.11. The van der Waals surface area contributed by atoms with Gasteiger partial charge in [0.1, 0.15) is 5.82 Å². The van der Waals surface area contributed by atoms with Crippen LogP contribution < -0.4 is 5.32 Å². The second kappa shape index (κ2) is 6.46. The lowest BCUT2D eigenvalue weighted by Gasteiger charge is -2.40. The summed E-state index contributed by atoms with van der Waals surface area (Å²) in [5.41, 5.74) is 4.23. The van der Waals surface area contributed by atoms with Crippen molar-refractivity contribution in [2.45, 2.75) is 44.9 Å². The third-order valence-corrected chi connectivity index (χ3v) is 5.67. The monoisotopic (exact) mass is 354 g/mol. The molecule has 1 aliphatic heterocycles. The number of piperidine rings is 1. The highest BCUT2D eigenvalue weighted by Crippen LogP contribution is 2.43. The summed E-state index contributed by atoms with van der Waals surface area (Å²) in [6, 6.07) is 0. The summed E-state index contributed by atoms with van der Waals surface area (Å²) in [7, 11) is 1.86. The van der Waals surface area contributed by atoms with E-state index in [1.165, 1.54) is 11.3 Å². The van der Waals surface area contributed by atoms with Crippen LogP contribution in [0.3, 0.4) is 0 Å². The SMILES string of the molecule is Cc1ncc2c(n1)C1(CCCN(CC(=O)Nc3cn(C)nc3C)C1)CC2. The molecule has 0 bridgehead atoms. The van der Waals surface area contributed by atoms with E-state index in [1.807, 2.05) is 33.3 Å². The Balaban J connectivity index is 1.46. The van der Waals surface area contributed by atoms with Crippen LogP contribution in [-0.4, -0.2) is 50.2 Å². The number of nitrogens with one attached hydrogen (secondary N) is 1. The van der Waals surface area contributed by atoms with E-state index in [1.54, 1.807) is 4.68 Å². The van der Waals surface area contributed by atoms with Gasteiger partial charge in [-0.15, -0.1) is 0 Å². The maximum Gasteiger partial charge on any atom is 0.238 e. The Labute approximate surface area is 153 Å². The highest BCUT2D eigenvalue weighted by atomic mass is 16.2. The summed E-state index contributed by atoms with van der Waals surface area (Å²) < 4.78 is 1.72. The van der Waals surface area contributed by atoms with E-state index in [2.05, 4.69) is 20.3 Å². The van der Waals surface area contributed by atoms with Gasteiger partial charge in [-0.2, -0.15) is 5.10 Å². The van der Waals surface area contributed by atoms with Crippen molar-refractivity contribution in [1.29, 1.82) is 0 Å². The van der Waals surface area contributed by atoms with Crippen LogP contribution in [0.2, 0.25) is 0 Å². The van der Waals surface area contributed by atoms with Crippen molar-refractivity contribution in [3.63, 3.8) is 0 Å². The first kappa shape index (κ1) is 17.1. The second-order valence-corrected chi connectivity index (χ2v) is 7.74. The average Bonchev–Trinajstić information content (AvgIpc) is 3.08. The zero-order valence-corrected chi connectivity index (χ0v) is 15.7. The van der Waals surface area contributed by atoms with Gasteiger partial charge in [-0.1, -0.05) is 0 Å². The van der Waals surface area contributed by atoms with Crippen LogP contribution in [0.25, 0.3) is 0 Å². The normalized spacial score (nSPS) is 22.6. The number of carbonyl (C=O) groups is 1. The summed E-state index contributed by atoms with van der Waals surface area (Å²) in [6.45, 7) is 6.13. The van der Waals surface area contributed by atoms with E-state index in [0.717, 1.165) is 56.0 Å². The van der Waals surface area contributed by atoms with Crippen LogP contribution in [-0.2, 0) is 23.7 Å². The molecule has 2 aromatic heterocycles. The molecule has 1 amide bonds. The first-order valence-electron chi connectivity index (χ1n) is 9.31. The molecule has 1 aliphatic carbocycles. The van der Waals surface area contributed by atoms with E-state index < -0.39 is 0 Å². The lowest BCUT2D eigenvalue weighted by Crippen LogP contribution is -2.47. The lowest BCUT2D eigenvalue weighted by molar-refractivity contribution is -0.117. The summed E-state index contributed by atoms with van der Waals surface area (Å²) >= 11 is 0. The summed E-state index contributed by atoms with van der Waals surface area (Å²) in [4.78, 5) is 23.9. The maximum absolute atomic E-state index is 12.5. The third-order valence-electron chi connectivity index (χ3n) is 5.67. The van der Waals surface area contributed by atoms with E-state index >= 15 is 0 Å². The molecule has 1 spiro atoms. The predicted molar refractivity (Wildman–Crippen MR) is 99.0 cm³/mol. The van der Waals surface area contributed by atoms with Crippen molar-refractivity contribution in [1.82, 2.24) is 24.6 Å². The van der Waals surface area contributed by atoms with Gasteiger partial charge in [0, 0.05) is 31.4 Å². The van der Waals surface area contributed by atoms with E-state index in [-0.39, 0.29) is 11.3 Å². The van der Waals surface area contributed by atoms with Crippen molar-refractivity contribution in [3.8, 4) is 0 Å². The number of fused-ring (bicyclic) bond motifs is 2. The van der Waals surface area contributed by atoms with Gasteiger partial charge in [0.25, 0.3) is 0 Å². The minimum absolute atomic E-state index is 0.0234. The molecular weight excluding hydrogens is 328 g/mol. The van der Waals surface area contributed by atoms with Gasteiger partial charge >= 0.3 is 0 Å². The average molecular weight is 354 g/mol. The van der Waals surface area contributed by atoms with Gasteiger partial charge in [-0.3, -0.25) is 14.4 Å². The molecule has 0 saturated carbocycles. The van der Waals surface area contributed by atoms with Crippen LogP contribution in [0.5, 0.6) is 0 Å². The molecule has 3 heterocycles. The number of aromatic nitrogens is 4. The Bertz CT molecular complexity index is 841. The number of anilines is 1. The van der Waals surface area contributed by atoms with Crippen LogP contribution in [0.15, 0.2) is 12.4 Å². The van der Waals surface area contributed by atoms with Gasteiger partial charge in [-0.25, -0.2) is 9.97 Å². The first-order valence-corrected chi connectivity index (χ1v) is 9.31. The Morgan fingerprint density at radius 1 is 1.35 bits per heavy atom. The Morgan fingerprint density at radius 2 is 2.19 bits per heavy atom.